The van der Waals surface area contributed by atoms with E-state index in [0.29, 0.717) is 6.61 Å². The molecule has 3 heteroatoms. The van der Waals surface area contributed by atoms with E-state index in [1.165, 1.54) is 19.5 Å². The molecule has 0 aromatic heterocycles. The van der Waals surface area contributed by atoms with Gasteiger partial charge in [-0.15, -0.1) is 0 Å². The first kappa shape index (κ1) is 16.2. The Hall–Kier alpha value is -1.22. The zero-order valence-corrected chi connectivity index (χ0v) is 13.7. The first-order valence-corrected chi connectivity index (χ1v) is 8.25. The van der Waals surface area contributed by atoms with Gasteiger partial charge in [0, 0.05) is 19.6 Å². The molecule has 1 saturated heterocycles. The summed E-state index contributed by atoms with van der Waals surface area (Å²) in [5, 5.41) is 0. The lowest BCUT2D eigenvalue weighted by Crippen LogP contribution is -2.39. The number of nitrogens with zero attached hydrogens (tertiary/aromatic N) is 1. The minimum atomic E-state index is 0.701. The Morgan fingerprint density at radius 3 is 2.14 bits per heavy atom. The van der Waals surface area contributed by atoms with Crippen LogP contribution in [-0.4, -0.2) is 37.7 Å². The van der Waals surface area contributed by atoms with Crippen LogP contribution in [0, 0.1) is 11.8 Å². The molecule has 2 rings (SSSR count). The number of hydrogen-bond donors (Lipinski definition) is 0. The van der Waals surface area contributed by atoms with Crippen molar-refractivity contribution in [2.24, 2.45) is 11.8 Å². The van der Waals surface area contributed by atoms with Crippen molar-refractivity contribution in [2.75, 3.05) is 32.8 Å². The molecule has 0 N–H and O–H groups in total. The third kappa shape index (κ3) is 5.58. The standard InChI is InChI=1S/C18H29NO2/c1-4-20-17-6-8-18(9-7-17)21-11-5-10-19-13-15(2)12-16(3)14-19/h6-9,15-16H,4-5,10-14H2,1-3H3. The topological polar surface area (TPSA) is 21.7 Å². The zero-order valence-electron chi connectivity index (χ0n) is 13.7. The Kier molecular flexibility index (Phi) is 6.37. The Morgan fingerprint density at radius 2 is 1.57 bits per heavy atom. The van der Waals surface area contributed by atoms with E-state index in [-0.39, 0.29) is 0 Å². The number of likely N-dealkylation sites (tertiary alicyclic amines) is 1. The van der Waals surface area contributed by atoms with Gasteiger partial charge in [-0.25, -0.2) is 0 Å². The van der Waals surface area contributed by atoms with E-state index >= 15 is 0 Å². The van der Waals surface area contributed by atoms with Crippen LogP contribution in [-0.2, 0) is 0 Å². The van der Waals surface area contributed by atoms with Crippen LogP contribution >= 0.6 is 0 Å². The highest BCUT2D eigenvalue weighted by molar-refractivity contribution is 5.31. The van der Waals surface area contributed by atoms with Crippen LogP contribution in [0.1, 0.15) is 33.6 Å². The quantitative estimate of drug-likeness (QED) is 0.713. The summed E-state index contributed by atoms with van der Waals surface area (Å²) < 4.78 is 11.2. The summed E-state index contributed by atoms with van der Waals surface area (Å²) in [7, 11) is 0. The largest absolute Gasteiger partial charge is 0.494 e. The second kappa shape index (κ2) is 8.28. The maximum absolute atomic E-state index is 5.80. The number of rotatable bonds is 7. The van der Waals surface area contributed by atoms with Gasteiger partial charge in [0.05, 0.1) is 13.2 Å². The zero-order chi connectivity index (χ0) is 15.1. The minimum Gasteiger partial charge on any atom is -0.494 e. The van der Waals surface area contributed by atoms with Crippen molar-refractivity contribution < 1.29 is 9.47 Å². The van der Waals surface area contributed by atoms with Gasteiger partial charge in [-0.3, -0.25) is 0 Å². The average molecular weight is 291 g/mol. The summed E-state index contributed by atoms with van der Waals surface area (Å²) >= 11 is 0. The van der Waals surface area contributed by atoms with Gasteiger partial charge in [0.1, 0.15) is 11.5 Å². The molecule has 1 aromatic carbocycles. The second-order valence-electron chi connectivity index (χ2n) is 6.31. The summed E-state index contributed by atoms with van der Waals surface area (Å²) in [6, 6.07) is 7.89. The molecule has 0 aliphatic carbocycles. The molecule has 0 saturated carbocycles. The normalized spacial score (nSPS) is 23.0. The Balaban J connectivity index is 1.65. The number of benzene rings is 1. The SMILES string of the molecule is CCOc1ccc(OCCCN2CC(C)CC(C)C2)cc1. The summed E-state index contributed by atoms with van der Waals surface area (Å²) in [5.74, 6) is 3.50. The van der Waals surface area contributed by atoms with E-state index < -0.39 is 0 Å². The molecule has 3 nitrogen and oxygen atoms in total. The van der Waals surface area contributed by atoms with Crippen molar-refractivity contribution in [1.29, 1.82) is 0 Å². The molecule has 1 aromatic rings. The molecule has 21 heavy (non-hydrogen) atoms. The fourth-order valence-corrected chi connectivity index (χ4v) is 3.25. The molecule has 1 aliphatic rings. The molecule has 118 valence electrons. The third-order valence-corrected chi connectivity index (χ3v) is 3.97. The number of ether oxygens (including phenoxy) is 2. The molecular formula is C18H29NO2. The molecule has 0 spiro atoms. The molecule has 2 atom stereocenters. The number of piperidine rings is 1. The fourth-order valence-electron chi connectivity index (χ4n) is 3.25. The lowest BCUT2D eigenvalue weighted by Gasteiger charge is -2.34. The van der Waals surface area contributed by atoms with Crippen molar-refractivity contribution in [1.82, 2.24) is 4.90 Å². The predicted molar refractivity (Wildman–Crippen MR) is 87.1 cm³/mol. The molecule has 2 unspecified atom stereocenters. The van der Waals surface area contributed by atoms with Gasteiger partial charge >= 0.3 is 0 Å². The number of hydrogen-bond acceptors (Lipinski definition) is 3. The fraction of sp³-hybridized carbons (Fsp3) is 0.667. The van der Waals surface area contributed by atoms with Crippen molar-refractivity contribution in [3.63, 3.8) is 0 Å². The van der Waals surface area contributed by atoms with Crippen molar-refractivity contribution in [3.05, 3.63) is 24.3 Å². The van der Waals surface area contributed by atoms with Crippen LogP contribution in [0.4, 0.5) is 0 Å². The van der Waals surface area contributed by atoms with E-state index in [1.54, 1.807) is 0 Å². The third-order valence-electron chi connectivity index (χ3n) is 3.97. The Morgan fingerprint density at radius 1 is 1.00 bits per heavy atom. The lowest BCUT2D eigenvalue weighted by atomic mass is 9.92. The van der Waals surface area contributed by atoms with Crippen LogP contribution in [0.15, 0.2) is 24.3 Å². The maximum Gasteiger partial charge on any atom is 0.119 e. The smallest absolute Gasteiger partial charge is 0.119 e. The van der Waals surface area contributed by atoms with Crippen LogP contribution in [0.2, 0.25) is 0 Å². The first-order chi connectivity index (χ1) is 10.2. The highest BCUT2D eigenvalue weighted by Gasteiger charge is 2.20. The highest BCUT2D eigenvalue weighted by atomic mass is 16.5. The molecule has 0 radical (unpaired) electrons. The molecular weight excluding hydrogens is 262 g/mol. The minimum absolute atomic E-state index is 0.701. The summed E-state index contributed by atoms with van der Waals surface area (Å²) in [4.78, 5) is 2.58. The van der Waals surface area contributed by atoms with Gasteiger partial charge in [0.25, 0.3) is 0 Å². The Bertz CT molecular complexity index is 394. The van der Waals surface area contributed by atoms with E-state index in [0.717, 1.165) is 42.9 Å². The van der Waals surface area contributed by atoms with Crippen LogP contribution in [0.3, 0.4) is 0 Å². The first-order valence-electron chi connectivity index (χ1n) is 8.25. The van der Waals surface area contributed by atoms with Gasteiger partial charge in [-0.05, 0) is 55.9 Å². The monoisotopic (exact) mass is 291 g/mol. The molecule has 1 fully saturated rings. The van der Waals surface area contributed by atoms with Gasteiger partial charge in [-0.2, -0.15) is 0 Å². The molecule has 1 heterocycles. The van der Waals surface area contributed by atoms with Crippen LogP contribution < -0.4 is 9.47 Å². The van der Waals surface area contributed by atoms with Crippen LogP contribution in [0.25, 0.3) is 0 Å². The predicted octanol–water partition coefficient (Wildman–Crippen LogP) is 3.83. The summed E-state index contributed by atoms with van der Waals surface area (Å²) in [6.45, 7) is 11.8. The second-order valence-corrected chi connectivity index (χ2v) is 6.31. The summed E-state index contributed by atoms with van der Waals surface area (Å²) in [5.41, 5.74) is 0. The van der Waals surface area contributed by atoms with Gasteiger partial charge in [0.2, 0.25) is 0 Å². The van der Waals surface area contributed by atoms with Gasteiger partial charge in [0.15, 0.2) is 0 Å². The van der Waals surface area contributed by atoms with E-state index in [4.69, 9.17) is 9.47 Å². The average Bonchev–Trinajstić information content (AvgIpc) is 2.45. The maximum atomic E-state index is 5.80. The van der Waals surface area contributed by atoms with Gasteiger partial charge in [-0.1, -0.05) is 13.8 Å². The van der Waals surface area contributed by atoms with E-state index in [9.17, 15) is 0 Å². The Labute approximate surface area is 129 Å². The lowest BCUT2D eigenvalue weighted by molar-refractivity contribution is 0.132. The highest BCUT2D eigenvalue weighted by Crippen LogP contribution is 2.21. The molecule has 0 bridgehead atoms. The van der Waals surface area contributed by atoms with Crippen molar-refractivity contribution in [2.45, 2.75) is 33.6 Å². The van der Waals surface area contributed by atoms with E-state index in [2.05, 4.69) is 18.7 Å². The van der Waals surface area contributed by atoms with Gasteiger partial charge < -0.3 is 14.4 Å². The van der Waals surface area contributed by atoms with Crippen LogP contribution in [0.5, 0.6) is 11.5 Å². The molecule has 0 amide bonds. The molecule has 1 aliphatic heterocycles. The van der Waals surface area contributed by atoms with Crippen molar-refractivity contribution >= 4 is 0 Å². The van der Waals surface area contributed by atoms with E-state index in [1.807, 2.05) is 31.2 Å². The summed E-state index contributed by atoms with van der Waals surface area (Å²) in [6.07, 6.45) is 2.46. The van der Waals surface area contributed by atoms with Crippen molar-refractivity contribution in [3.8, 4) is 11.5 Å².